The van der Waals surface area contributed by atoms with E-state index >= 15 is 0 Å². The number of benzene rings is 2. The zero-order valence-electron chi connectivity index (χ0n) is 16.9. The fourth-order valence-corrected chi connectivity index (χ4v) is 3.70. The number of primary amides is 1. The second-order valence-corrected chi connectivity index (χ2v) is 8.36. The zero-order chi connectivity index (χ0) is 23.3. The van der Waals surface area contributed by atoms with Crippen LogP contribution in [0.3, 0.4) is 0 Å². The monoisotopic (exact) mass is 456 g/mol. The summed E-state index contributed by atoms with van der Waals surface area (Å²) in [5, 5.41) is 10.9. The highest BCUT2D eigenvalue weighted by molar-refractivity contribution is 7.90. The van der Waals surface area contributed by atoms with Gasteiger partial charge in [-0.2, -0.15) is 8.42 Å². The summed E-state index contributed by atoms with van der Waals surface area (Å²) in [5.41, 5.74) is 6.56. The number of carbonyl (C=O) groups is 2. The van der Waals surface area contributed by atoms with E-state index in [1.54, 1.807) is 24.3 Å². The van der Waals surface area contributed by atoms with Crippen LogP contribution in [0.2, 0.25) is 0 Å². The van der Waals surface area contributed by atoms with Gasteiger partial charge in [0.15, 0.2) is 0 Å². The van der Waals surface area contributed by atoms with Gasteiger partial charge in [-0.15, -0.1) is 4.40 Å². The Balaban J connectivity index is 1.93. The molecule has 0 spiro atoms. The standard InChI is InChI=1S/C21H20N4O6S/c1-14-2-9-18(10-3-14)32(29,30)24-20-11-8-17(12-25(20)13-19(22)26)31-16-6-4-15(5-7-16)23-21(27)28/h2-12,23H,13H2,1H3,(H2,22,26)(H,27,28)/b24-20-. The number of nitrogens with two attached hydrogens (primary N) is 1. The smallest absolute Gasteiger partial charge is 0.409 e. The van der Waals surface area contributed by atoms with Gasteiger partial charge in [0, 0.05) is 11.9 Å². The number of nitrogens with zero attached hydrogens (tertiary/aromatic N) is 2. The molecule has 10 nitrogen and oxygen atoms in total. The molecule has 0 bridgehead atoms. The molecule has 32 heavy (non-hydrogen) atoms. The molecule has 4 N–H and O–H groups in total. The predicted molar refractivity (Wildman–Crippen MR) is 116 cm³/mol. The van der Waals surface area contributed by atoms with E-state index in [0.717, 1.165) is 5.56 Å². The van der Waals surface area contributed by atoms with Gasteiger partial charge in [0.1, 0.15) is 23.5 Å². The van der Waals surface area contributed by atoms with Crippen LogP contribution < -0.4 is 21.3 Å². The third kappa shape index (κ3) is 5.95. The van der Waals surface area contributed by atoms with Crippen LogP contribution in [-0.4, -0.2) is 30.1 Å². The quantitative estimate of drug-likeness (QED) is 0.496. The lowest BCUT2D eigenvalue weighted by atomic mass is 10.2. The lowest BCUT2D eigenvalue weighted by Crippen LogP contribution is -2.28. The summed E-state index contributed by atoms with van der Waals surface area (Å²) in [6.45, 7) is 1.52. The van der Waals surface area contributed by atoms with Crippen LogP contribution in [0.15, 0.2) is 76.2 Å². The van der Waals surface area contributed by atoms with E-state index in [-0.39, 0.29) is 22.7 Å². The maximum absolute atomic E-state index is 12.7. The van der Waals surface area contributed by atoms with Gasteiger partial charge in [-0.25, -0.2) is 4.79 Å². The summed E-state index contributed by atoms with van der Waals surface area (Å²) in [6, 6.07) is 15.2. The Labute approximate surface area is 183 Å². The summed E-state index contributed by atoms with van der Waals surface area (Å²) >= 11 is 0. The number of ether oxygens (including phenoxy) is 1. The SMILES string of the molecule is Cc1ccc(S(=O)(=O)/N=c2/ccc(Oc3ccc(NC(=O)O)cc3)cn2CC(N)=O)cc1. The van der Waals surface area contributed by atoms with Gasteiger partial charge >= 0.3 is 6.09 Å². The van der Waals surface area contributed by atoms with Gasteiger partial charge in [-0.05, 0) is 55.5 Å². The second kappa shape index (κ2) is 9.35. The maximum Gasteiger partial charge on any atom is 0.409 e. The van der Waals surface area contributed by atoms with Crippen LogP contribution in [0.1, 0.15) is 5.56 Å². The van der Waals surface area contributed by atoms with Crippen molar-refractivity contribution in [3.63, 3.8) is 0 Å². The third-order valence-electron chi connectivity index (χ3n) is 4.17. The molecule has 0 aliphatic carbocycles. The first-order valence-electron chi connectivity index (χ1n) is 9.27. The Bertz CT molecular complexity index is 1310. The molecule has 166 valence electrons. The highest BCUT2D eigenvalue weighted by Crippen LogP contribution is 2.22. The Morgan fingerprint density at radius 2 is 1.66 bits per heavy atom. The van der Waals surface area contributed by atoms with Crippen molar-refractivity contribution < 1.29 is 27.9 Å². The Hall–Kier alpha value is -4.12. The summed E-state index contributed by atoms with van der Waals surface area (Å²) < 4.78 is 36.1. The molecule has 0 aliphatic rings. The van der Waals surface area contributed by atoms with E-state index in [1.165, 1.54) is 47.2 Å². The first-order chi connectivity index (χ1) is 15.1. The minimum atomic E-state index is -4.02. The molecule has 2 aromatic carbocycles. The number of carbonyl (C=O) groups excluding carboxylic acids is 1. The molecule has 0 unspecified atom stereocenters. The predicted octanol–water partition coefficient (Wildman–Crippen LogP) is 2.45. The normalized spacial score (nSPS) is 11.7. The molecule has 3 aromatic rings. The van der Waals surface area contributed by atoms with Crippen LogP contribution >= 0.6 is 0 Å². The van der Waals surface area contributed by atoms with Crippen molar-refractivity contribution in [3.05, 3.63) is 77.9 Å². The number of carboxylic acid groups (broad SMARTS) is 1. The molecular weight excluding hydrogens is 436 g/mol. The topological polar surface area (TPSA) is 153 Å². The van der Waals surface area contributed by atoms with E-state index in [9.17, 15) is 18.0 Å². The summed E-state index contributed by atoms with van der Waals surface area (Å²) in [6.07, 6.45) is 0.212. The van der Waals surface area contributed by atoms with Crippen molar-refractivity contribution in [2.75, 3.05) is 5.32 Å². The van der Waals surface area contributed by atoms with Gasteiger partial charge in [-0.1, -0.05) is 17.7 Å². The molecule has 1 aromatic heterocycles. The lowest BCUT2D eigenvalue weighted by Gasteiger charge is -2.11. The molecule has 1 heterocycles. The average Bonchev–Trinajstić information content (AvgIpc) is 2.71. The van der Waals surface area contributed by atoms with Crippen LogP contribution in [0.5, 0.6) is 11.5 Å². The molecule has 11 heteroatoms. The van der Waals surface area contributed by atoms with Gasteiger partial charge in [0.2, 0.25) is 5.91 Å². The number of rotatable bonds is 7. The molecule has 0 fully saturated rings. The highest BCUT2D eigenvalue weighted by atomic mass is 32.2. The van der Waals surface area contributed by atoms with Crippen molar-refractivity contribution in [1.82, 2.24) is 4.57 Å². The minimum Gasteiger partial charge on any atom is -0.465 e. The van der Waals surface area contributed by atoms with Gasteiger partial charge in [0.05, 0.1) is 4.90 Å². The fourth-order valence-electron chi connectivity index (χ4n) is 2.70. The number of nitrogens with one attached hydrogen (secondary N) is 1. The minimum absolute atomic E-state index is 0.00210. The zero-order valence-corrected chi connectivity index (χ0v) is 17.7. The number of pyridine rings is 1. The van der Waals surface area contributed by atoms with Crippen molar-refractivity contribution in [1.29, 1.82) is 0 Å². The number of aromatic nitrogens is 1. The van der Waals surface area contributed by atoms with Gasteiger partial charge in [0.25, 0.3) is 10.0 Å². The molecular formula is C21H20N4O6S. The number of anilines is 1. The summed E-state index contributed by atoms with van der Waals surface area (Å²) in [7, 11) is -4.02. The molecule has 0 saturated carbocycles. The Morgan fingerprint density at radius 1 is 1.03 bits per heavy atom. The molecule has 0 saturated heterocycles. The highest BCUT2D eigenvalue weighted by Gasteiger charge is 2.13. The van der Waals surface area contributed by atoms with Crippen LogP contribution in [0.4, 0.5) is 10.5 Å². The van der Waals surface area contributed by atoms with E-state index in [0.29, 0.717) is 11.4 Å². The van der Waals surface area contributed by atoms with E-state index in [2.05, 4.69) is 9.71 Å². The number of sulfonamides is 1. The van der Waals surface area contributed by atoms with E-state index in [1.807, 2.05) is 6.92 Å². The fraction of sp³-hybridized carbons (Fsp3) is 0.0952. The summed E-state index contributed by atoms with van der Waals surface area (Å²) in [4.78, 5) is 22.2. The molecule has 0 radical (unpaired) electrons. The molecule has 0 aliphatic heterocycles. The summed E-state index contributed by atoms with van der Waals surface area (Å²) in [5.74, 6) is -0.0131. The van der Waals surface area contributed by atoms with Crippen molar-refractivity contribution >= 4 is 27.7 Å². The molecule has 3 rings (SSSR count). The number of hydrogen-bond donors (Lipinski definition) is 3. The number of aryl methyl sites for hydroxylation is 1. The average molecular weight is 456 g/mol. The maximum atomic E-state index is 12.7. The number of hydrogen-bond acceptors (Lipinski definition) is 5. The van der Waals surface area contributed by atoms with Crippen LogP contribution in [0, 0.1) is 6.92 Å². The van der Waals surface area contributed by atoms with Gasteiger partial charge < -0.3 is 20.1 Å². The Kier molecular flexibility index (Phi) is 6.59. The first-order valence-corrected chi connectivity index (χ1v) is 10.7. The van der Waals surface area contributed by atoms with Crippen molar-refractivity contribution in [2.24, 2.45) is 10.1 Å². The van der Waals surface area contributed by atoms with Gasteiger partial charge in [-0.3, -0.25) is 10.1 Å². The number of amides is 2. The van der Waals surface area contributed by atoms with Crippen molar-refractivity contribution in [2.45, 2.75) is 18.4 Å². The molecule has 0 atom stereocenters. The largest absolute Gasteiger partial charge is 0.465 e. The second-order valence-electron chi connectivity index (χ2n) is 6.75. The molecule has 2 amide bonds. The third-order valence-corrected chi connectivity index (χ3v) is 5.47. The van der Waals surface area contributed by atoms with Crippen molar-refractivity contribution in [3.8, 4) is 11.5 Å². The van der Waals surface area contributed by atoms with Crippen LogP contribution in [0.25, 0.3) is 0 Å². The van der Waals surface area contributed by atoms with Crippen LogP contribution in [-0.2, 0) is 21.4 Å². The van der Waals surface area contributed by atoms with E-state index < -0.39 is 22.0 Å². The Morgan fingerprint density at radius 3 is 2.25 bits per heavy atom. The lowest BCUT2D eigenvalue weighted by molar-refractivity contribution is -0.118. The van der Waals surface area contributed by atoms with E-state index in [4.69, 9.17) is 15.6 Å². The first kappa shape index (κ1) is 22.6.